The van der Waals surface area contributed by atoms with Crippen LogP contribution >= 0.6 is 0 Å². The summed E-state index contributed by atoms with van der Waals surface area (Å²) in [5.74, 6) is 5.17. The van der Waals surface area contributed by atoms with Crippen LogP contribution in [0.15, 0.2) is 42.5 Å². The maximum atomic E-state index is 11.8. The zero-order valence-corrected chi connectivity index (χ0v) is 10.1. The molecule has 2 aromatic rings. The van der Waals surface area contributed by atoms with Crippen LogP contribution in [0.3, 0.4) is 0 Å². The Morgan fingerprint density at radius 1 is 1.18 bits per heavy atom. The molecule has 0 heterocycles. The minimum absolute atomic E-state index is 0.0831. The monoisotopic (exact) mass is 228 g/mol. The summed E-state index contributed by atoms with van der Waals surface area (Å²) >= 11 is 0. The molecule has 2 aromatic carbocycles. The number of hydrogen-bond acceptors (Lipinski definition) is 2. The number of nitrogens with zero attached hydrogens (tertiary/aromatic N) is 1. The Hall–Kier alpha value is -1.87. The summed E-state index contributed by atoms with van der Waals surface area (Å²) < 4.78 is 0. The first-order valence-electron chi connectivity index (χ1n) is 5.60. The van der Waals surface area contributed by atoms with Crippen molar-refractivity contribution in [3.8, 4) is 0 Å². The van der Waals surface area contributed by atoms with Crippen LogP contribution < -0.4 is 5.84 Å². The maximum absolute atomic E-state index is 11.8. The lowest BCUT2D eigenvalue weighted by Crippen LogP contribution is -2.36. The number of rotatable bonds is 2. The average molecular weight is 228 g/mol. The number of amides is 1. The van der Waals surface area contributed by atoms with E-state index in [9.17, 15) is 4.79 Å². The van der Waals surface area contributed by atoms with Gasteiger partial charge in [0.15, 0.2) is 0 Å². The Morgan fingerprint density at radius 3 is 2.47 bits per heavy atom. The first-order valence-corrected chi connectivity index (χ1v) is 5.60. The first-order chi connectivity index (χ1) is 8.09. The molecule has 3 heteroatoms. The number of benzene rings is 2. The van der Waals surface area contributed by atoms with Gasteiger partial charge in [0.1, 0.15) is 0 Å². The van der Waals surface area contributed by atoms with E-state index < -0.39 is 0 Å². The predicted octanol–water partition coefficient (Wildman–Crippen LogP) is 2.28. The molecule has 88 valence electrons. The molecule has 3 nitrogen and oxygen atoms in total. The highest BCUT2D eigenvalue weighted by molar-refractivity contribution is 5.87. The van der Waals surface area contributed by atoms with Gasteiger partial charge in [-0.25, -0.2) is 5.84 Å². The molecule has 1 amide bonds. The van der Waals surface area contributed by atoms with Gasteiger partial charge in [0.2, 0.25) is 5.91 Å². The molecule has 0 bridgehead atoms. The molecule has 0 saturated heterocycles. The average Bonchev–Trinajstić information content (AvgIpc) is 2.36. The molecule has 0 aliphatic carbocycles. The van der Waals surface area contributed by atoms with Crippen LogP contribution in [0, 0.1) is 0 Å². The summed E-state index contributed by atoms with van der Waals surface area (Å²) in [6.45, 7) is 1.87. The van der Waals surface area contributed by atoms with Crippen molar-refractivity contribution in [1.29, 1.82) is 0 Å². The molecule has 0 radical (unpaired) electrons. The highest BCUT2D eigenvalue weighted by atomic mass is 16.2. The standard InChI is InChI=1S/C14H16N2O/c1-10(14(17)16(2)15)12-8-7-11-5-3-4-6-13(11)9-12/h3-10H,15H2,1-2H3. The minimum atomic E-state index is -0.213. The summed E-state index contributed by atoms with van der Waals surface area (Å²) in [6.07, 6.45) is 0. The molecular weight excluding hydrogens is 212 g/mol. The SMILES string of the molecule is CC(C(=O)N(C)N)c1ccc2ccccc2c1. The van der Waals surface area contributed by atoms with Gasteiger partial charge in [0.05, 0.1) is 5.92 Å². The van der Waals surface area contributed by atoms with E-state index in [1.54, 1.807) is 7.05 Å². The summed E-state index contributed by atoms with van der Waals surface area (Å²) in [5.41, 5.74) is 0.992. The third kappa shape index (κ3) is 2.29. The zero-order chi connectivity index (χ0) is 12.4. The zero-order valence-electron chi connectivity index (χ0n) is 10.1. The Labute approximate surface area is 101 Å². The van der Waals surface area contributed by atoms with Crippen LogP contribution in [0.1, 0.15) is 18.4 Å². The van der Waals surface area contributed by atoms with Crippen LogP contribution in [0.4, 0.5) is 0 Å². The van der Waals surface area contributed by atoms with E-state index >= 15 is 0 Å². The van der Waals surface area contributed by atoms with Gasteiger partial charge in [0, 0.05) is 7.05 Å². The molecule has 2 rings (SSSR count). The summed E-state index contributed by atoms with van der Waals surface area (Å²) in [7, 11) is 1.57. The molecule has 0 aromatic heterocycles. The van der Waals surface area contributed by atoms with Crippen molar-refractivity contribution in [2.24, 2.45) is 5.84 Å². The van der Waals surface area contributed by atoms with Crippen LogP contribution in [0.25, 0.3) is 10.8 Å². The fourth-order valence-corrected chi connectivity index (χ4v) is 1.93. The van der Waals surface area contributed by atoms with Crippen LogP contribution in [-0.4, -0.2) is 18.0 Å². The van der Waals surface area contributed by atoms with Crippen molar-refractivity contribution in [2.45, 2.75) is 12.8 Å². The van der Waals surface area contributed by atoms with Crippen LogP contribution in [0.2, 0.25) is 0 Å². The fourth-order valence-electron chi connectivity index (χ4n) is 1.93. The molecule has 1 atom stereocenters. The Morgan fingerprint density at radius 2 is 1.82 bits per heavy atom. The van der Waals surface area contributed by atoms with Gasteiger partial charge in [-0.3, -0.25) is 9.80 Å². The Kier molecular flexibility index (Phi) is 3.11. The first kappa shape index (κ1) is 11.6. The van der Waals surface area contributed by atoms with E-state index in [1.807, 2.05) is 43.3 Å². The van der Waals surface area contributed by atoms with Crippen LogP contribution in [0.5, 0.6) is 0 Å². The van der Waals surface area contributed by atoms with Gasteiger partial charge in [-0.15, -0.1) is 0 Å². The number of fused-ring (bicyclic) bond motifs is 1. The topological polar surface area (TPSA) is 46.3 Å². The van der Waals surface area contributed by atoms with Crippen molar-refractivity contribution < 1.29 is 4.79 Å². The molecular formula is C14H16N2O. The highest BCUT2D eigenvalue weighted by Gasteiger charge is 2.17. The molecule has 0 aliphatic rings. The highest BCUT2D eigenvalue weighted by Crippen LogP contribution is 2.22. The second-order valence-electron chi connectivity index (χ2n) is 4.28. The van der Waals surface area contributed by atoms with Crippen molar-refractivity contribution in [3.63, 3.8) is 0 Å². The fraction of sp³-hybridized carbons (Fsp3) is 0.214. The molecule has 0 saturated carbocycles. The van der Waals surface area contributed by atoms with E-state index in [4.69, 9.17) is 5.84 Å². The minimum Gasteiger partial charge on any atom is -0.283 e. The predicted molar refractivity (Wildman–Crippen MR) is 69.3 cm³/mol. The number of carbonyl (C=O) groups is 1. The van der Waals surface area contributed by atoms with Crippen LogP contribution in [-0.2, 0) is 4.79 Å². The van der Waals surface area contributed by atoms with Gasteiger partial charge in [-0.2, -0.15) is 0 Å². The third-order valence-electron chi connectivity index (χ3n) is 2.99. The Bertz CT molecular complexity index is 549. The largest absolute Gasteiger partial charge is 0.283 e. The molecule has 17 heavy (non-hydrogen) atoms. The summed E-state index contributed by atoms with van der Waals surface area (Å²) in [5, 5.41) is 3.46. The molecule has 2 N–H and O–H groups in total. The molecule has 0 fully saturated rings. The van der Waals surface area contributed by atoms with E-state index in [2.05, 4.69) is 6.07 Å². The summed E-state index contributed by atoms with van der Waals surface area (Å²) in [6, 6.07) is 14.2. The van der Waals surface area contributed by atoms with Gasteiger partial charge >= 0.3 is 0 Å². The Balaban J connectivity index is 2.39. The summed E-state index contributed by atoms with van der Waals surface area (Å²) in [4.78, 5) is 11.8. The van der Waals surface area contributed by atoms with E-state index in [0.29, 0.717) is 0 Å². The number of carbonyl (C=O) groups excluding carboxylic acids is 1. The smallest absolute Gasteiger partial charge is 0.243 e. The normalized spacial score (nSPS) is 12.4. The van der Waals surface area contributed by atoms with E-state index in [1.165, 1.54) is 5.39 Å². The lowest BCUT2D eigenvalue weighted by atomic mass is 9.97. The van der Waals surface area contributed by atoms with Gasteiger partial charge in [-0.1, -0.05) is 42.5 Å². The van der Waals surface area contributed by atoms with Gasteiger partial charge < -0.3 is 0 Å². The lowest BCUT2D eigenvalue weighted by molar-refractivity contribution is -0.131. The number of likely N-dealkylation sites (N-methyl/N-ethyl adjacent to an activating group) is 1. The lowest BCUT2D eigenvalue weighted by Gasteiger charge is -2.17. The maximum Gasteiger partial charge on any atom is 0.243 e. The van der Waals surface area contributed by atoms with Gasteiger partial charge in [0.25, 0.3) is 0 Å². The molecule has 1 unspecified atom stereocenters. The van der Waals surface area contributed by atoms with Crippen molar-refractivity contribution >= 4 is 16.7 Å². The molecule has 0 spiro atoms. The number of hydrazine groups is 1. The quantitative estimate of drug-likeness (QED) is 0.487. The van der Waals surface area contributed by atoms with Crippen molar-refractivity contribution in [1.82, 2.24) is 5.01 Å². The van der Waals surface area contributed by atoms with E-state index in [-0.39, 0.29) is 11.8 Å². The van der Waals surface area contributed by atoms with Gasteiger partial charge in [-0.05, 0) is 23.3 Å². The number of nitrogens with two attached hydrogens (primary N) is 1. The van der Waals surface area contributed by atoms with Crippen molar-refractivity contribution in [2.75, 3.05) is 7.05 Å². The second-order valence-corrected chi connectivity index (χ2v) is 4.28. The number of hydrogen-bond donors (Lipinski definition) is 1. The second kappa shape index (κ2) is 4.55. The van der Waals surface area contributed by atoms with Crippen molar-refractivity contribution in [3.05, 3.63) is 48.0 Å². The third-order valence-corrected chi connectivity index (χ3v) is 2.99. The van der Waals surface area contributed by atoms with E-state index in [0.717, 1.165) is 16.0 Å². The molecule has 0 aliphatic heterocycles.